The molecule has 0 atom stereocenters. The van der Waals surface area contributed by atoms with E-state index in [1.165, 1.54) is 0 Å². The second-order valence-corrected chi connectivity index (χ2v) is 2.70. The van der Waals surface area contributed by atoms with E-state index in [-0.39, 0.29) is 0 Å². The Hall–Kier alpha value is -1.22. The molecule has 0 aromatic carbocycles. The highest BCUT2D eigenvalue weighted by Gasteiger charge is 2.05. The van der Waals surface area contributed by atoms with Crippen molar-refractivity contribution in [3.05, 3.63) is 23.9 Å². The summed E-state index contributed by atoms with van der Waals surface area (Å²) in [7, 11) is 1.71. The van der Waals surface area contributed by atoms with Gasteiger partial charge in [0.15, 0.2) is 0 Å². The number of ether oxygens (including phenoxy) is 1. The minimum Gasteiger partial charge on any atom is -0.376 e. The molecule has 0 amide bonds. The van der Waals surface area contributed by atoms with Crippen molar-refractivity contribution in [1.82, 2.24) is 0 Å². The van der Waals surface area contributed by atoms with Gasteiger partial charge in [-0.05, 0) is 12.0 Å². The van der Waals surface area contributed by atoms with Crippen LogP contribution in [0.1, 0.15) is 6.42 Å². The molecule has 0 bridgehead atoms. The first-order chi connectivity index (χ1) is 6.34. The molecule has 0 unspecified atom stereocenters. The highest BCUT2D eigenvalue weighted by Crippen LogP contribution is 2.14. The van der Waals surface area contributed by atoms with E-state index in [0.717, 1.165) is 24.3 Å². The van der Waals surface area contributed by atoms with Gasteiger partial charge in [0.25, 0.3) is 0 Å². The van der Waals surface area contributed by atoms with Gasteiger partial charge in [0.1, 0.15) is 0 Å². The van der Waals surface area contributed by atoms with Gasteiger partial charge in [-0.2, -0.15) is 0 Å². The molecule has 1 heterocycles. The molecular weight excluding hydrogens is 164 g/mol. The standard InChI is InChI=1S/C10H14N2O/c1-9(12-6-5-11-2)10-4-3-7-13-8-10/h4-6H,1,3,7-8H2,2H3. The number of nitrogens with zero attached hydrogens (tertiary/aromatic N) is 2. The predicted octanol–water partition coefficient (Wildman–Crippen LogP) is 1.62. The Bertz CT molecular complexity index is 264. The Labute approximate surface area is 78.5 Å². The van der Waals surface area contributed by atoms with Crippen LogP contribution in [0, 0.1) is 0 Å². The van der Waals surface area contributed by atoms with E-state index >= 15 is 0 Å². The van der Waals surface area contributed by atoms with Crippen molar-refractivity contribution in [1.29, 1.82) is 0 Å². The highest BCUT2D eigenvalue weighted by atomic mass is 16.5. The van der Waals surface area contributed by atoms with Crippen LogP contribution in [-0.4, -0.2) is 32.7 Å². The predicted molar refractivity (Wildman–Crippen MR) is 55.6 cm³/mol. The molecule has 0 aromatic rings. The van der Waals surface area contributed by atoms with E-state index in [0.29, 0.717) is 6.61 Å². The molecule has 0 spiro atoms. The zero-order chi connectivity index (χ0) is 9.52. The maximum absolute atomic E-state index is 5.27. The lowest BCUT2D eigenvalue weighted by Crippen LogP contribution is -2.06. The summed E-state index contributed by atoms with van der Waals surface area (Å²) in [6.45, 7) is 5.27. The number of hydrogen-bond donors (Lipinski definition) is 0. The lowest BCUT2D eigenvalue weighted by Gasteiger charge is -2.12. The van der Waals surface area contributed by atoms with Crippen LogP contribution in [0.4, 0.5) is 0 Å². The third-order valence-electron chi connectivity index (χ3n) is 1.73. The van der Waals surface area contributed by atoms with E-state index in [1.54, 1.807) is 19.5 Å². The summed E-state index contributed by atoms with van der Waals surface area (Å²) in [5.41, 5.74) is 1.84. The maximum atomic E-state index is 5.27. The normalized spacial score (nSPS) is 18.1. The molecule has 3 nitrogen and oxygen atoms in total. The van der Waals surface area contributed by atoms with Crippen LogP contribution in [0.5, 0.6) is 0 Å². The largest absolute Gasteiger partial charge is 0.376 e. The van der Waals surface area contributed by atoms with Crippen molar-refractivity contribution in [2.75, 3.05) is 20.3 Å². The van der Waals surface area contributed by atoms with Crippen molar-refractivity contribution in [3.8, 4) is 0 Å². The molecule has 13 heavy (non-hydrogen) atoms. The van der Waals surface area contributed by atoms with Gasteiger partial charge in [-0.1, -0.05) is 12.7 Å². The highest BCUT2D eigenvalue weighted by molar-refractivity contribution is 6.16. The van der Waals surface area contributed by atoms with Crippen LogP contribution in [-0.2, 0) is 4.74 Å². The van der Waals surface area contributed by atoms with Gasteiger partial charge < -0.3 is 4.74 Å². The molecule has 0 N–H and O–H groups in total. The van der Waals surface area contributed by atoms with Crippen LogP contribution in [0.15, 0.2) is 33.9 Å². The van der Waals surface area contributed by atoms with Crippen molar-refractivity contribution in [3.63, 3.8) is 0 Å². The second-order valence-electron chi connectivity index (χ2n) is 2.70. The zero-order valence-corrected chi connectivity index (χ0v) is 7.86. The fourth-order valence-corrected chi connectivity index (χ4v) is 1.03. The summed E-state index contributed by atoms with van der Waals surface area (Å²) in [6.07, 6.45) is 6.34. The molecule has 0 saturated heterocycles. The van der Waals surface area contributed by atoms with E-state index < -0.39 is 0 Å². The lowest BCUT2D eigenvalue weighted by molar-refractivity contribution is 0.152. The van der Waals surface area contributed by atoms with Crippen LogP contribution in [0.2, 0.25) is 0 Å². The number of aliphatic imine (C=N–C) groups is 2. The third-order valence-corrected chi connectivity index (χ3v) is 1.73. The number of rotatable bonds is 3. The maximum Gasteiger partial charge on any atom is 0.0734 e. The van der Waals surface area contributed by atoms with Crippen LogP contribution < -0.4 is 0 Å². The Morgan fingerprint density at radius 2 is 2.46 bits per heavy atom. The smallest absolute Gasteiger partial charge is 0.0734 e. The van der Waals surface area contributed by atoms with Crippen LogP contribution in [0.25, 0.3) is 0 Å². The molecule has 1 rings (SSSR count). The summed E-state index contributed by atoms with van der Waals surface area (Å²) in [6, 6.07) is 0. The summed E-state index contributed by atoms with van der Waals surface area (Å²) in [4.78, 5) is 7.91. The topological polar surface area (TPSA) is 34.0 Å². The minimum atomic E-state index is 0.624. The Balaban J connectivity index is 2.51. The number of hydrogen-bond acceptors (Lipinski definition) is 3. The molecule has 0 aromatic heterocycles. The Morgan fingerprint density at radius 1 is 1.62 bits per heavy atom. The van der Waals surface area contributed by atoms with Gasteiger partial charge in [-0.3, -0.25) is 9.98 Å². The quantitative estimate of drug-likeness (QED) is 0.604. The van der Waals surface area contributed by atoms with E-state index in [9.17, 15) is 0 Å². The van der Waals surface area contributed by atoms with Crippen LogP contribution >= 0.6 is 0 Å². The lowest BCUT2D eigenvalue weighted by atomic mass is 10.1. The first-order valence-corrected chi connectivity index (χ1v) is 4.25. The van der Waals surface area contributed by atoms with Crippen molar-refractivity contribution in [2.24, 2.45) is 9.98 Å². The third kappa shape index (κ3) is 3.34. The fraction of sp³-hybridized carbons (Fsp3) is 0.400. The molecule has 0 fully saturated rings. The Kier molecular flexibility index (Phi) is 4.12. The minimum absolute atomic E-state index is 0.624. The summed E-state index contributed by atoms with van der Waals surface area (Å²) in [5.74, 6) is 0. The molecule has 70 valence electrons. The van der Waals surface area contributed by atoms with Gasteiger partial charge >= 0.3 is 0 Å². The molecule has 3 heteroatoms. The van der Waals surface area contributed by atoms with Gasteiger partial charge in [-0.25, -0.2) is 0 Å². The molecule has 0 aliphatic carbocycles. The average molecular weight is 178 g/mol. The van der Waals surface area contributed by atoms with Crippen molar-refractivity contribution < 1.29 is 4.74 Å². The zero-order valence-electron chi connectivity index (χ0n) is 7.86. The van der Waals surface area contributed by atoms with Crippen molar-refractivity contribution >= 4 is 12.4 Å². The molecule has 1 aliphatic rings. The van der Waals surface area contributed by atoms with Crippen LogP contribution in [0.3, 0.4) is 0 Å². The van der Waals surface area contributed by atoms with E-state index in [1.807, 2.05) is 0 Å². The molecule has 1 aliphatic heterocycles. The first-order valence-electron chi connectivity index (χ1n) is 4.25. The molecular formula is C10H14N2O. The molecule has 0 radical (unpaired) electrons. The van der Waals surface area contributed by atoms with Gasteiger partial charge in [0.05, 0.1) is 18.9 Å². The second kappa shape index (κ2) is 5.43. The summed E-state index contributed by atoms with van der Waals surface area (Å²) >= 11 is 0. The summed E-state index contributed by atoms with van der Waals surface area (Å²) in [5, 5.41) is 0. The van der Waals surface area contributed by atoms with E-state index in [2.05, 4.69) is 22.6 Å². The average Bonchev–Trinajstić information content (AvgIpc) is 2.19. The van der Waals surface area contributed by atoms with Gasteiger partial charge in [0.2, 0.25) is 0 Å². The first kappa shape index (κ1) is 9.86. The fourth-order valence-electron chi connectivity index (χ4n) is 1.03. The Morgan fingerprint density at radius 3 is 3.08 bits per heavy atom. The SMILES string of the molecule is C=C(N=CC=NC)C1=CCCOC1. The van der Waals surface area contributed by atoms with Crippen molar-refractivity contribution in [2.45, 2.75) is 6.42 Å². The van der Waals surface area contributed by atoms with Gasteiger partial charge in [-0.15, -0.1) is 0 Å². The van der Waals surface area contributed by atoms with E-state index in [4.69, 9.17) is 4.74 Å². The van der Waals surface area contributed by atoms with Gasteiger partial charge in [0, 0.05) is 19.5 Å². The monoisotopic (exact) mass is 178 g/mol. The summed E-state index contributed by atoms with van der Waals surface area (Å²) < 4.78 is 5.27. The molecule has 0 saturated carbocycles.